The summed E-state index contributed by atoms with van der Waals surface area (Å²) in [5, 5.41) is 8.16. The minimum absolute atomic E-state index is 0.107. The van der Waals surface area contributed by atoms with Crippen molar-refractivity contribution < 1.29 is 4.79 Å². The Morgan fingerprint density at radius 2 is 1.82 bits per heavy atom. The van der Waals surface area contributed by atoms with Gasteiger partial charge in [-0.3, -0.25) is 4.79 Å². The maximum Gasteiger partial charge on any atom is 0.242 e. The Kier molecular flexibility index (Phi) is 6.08. The van der Waals surface area contributed by atoms with Gasteiger partial charge in [0.15, 0.2) is 5.65 Å². The summed E-state index contributed by atoms with van der Waals surface area (Å²) in [5.74, 6) is 0.743. The Bertz CT molecular complexity index is 929. The van der Waals surface area contributed by atoms with E-state index in [4.69, 9.17) is 0 Å². The second-order valence-electron chi connectivity index (χ2n) is 6.75. The fourth-order valence-corrected chi connectivity index (χ4v) is 3.08. The first-order valence-electron chi connectivity index (χ1n) is 9.47. The minimum Gasteiger partial charge on any atom is -0.378 e. The van der Waals surface area contributed by atoms with Gasteiger partial charge >= 0.3 is 0 Å². The normalized spacial score (nSPS) is 10.9. The number of hydrogen-bond acceptors (Lipinski definition) is 6. The highest BCUT2D eigenvalue weighted by Gasteiger charge is 2.15. The number of benzene rings is 1. The Hall–Kier alpha value is -3.16. The van der Waals surface area contributed by atoms with Gasteiger partial charge in [0.2, 0.25) is 5.91 Å². The summed E-state index contributed by atoms with van der Waals surface area (Å²) >= 11 is 0. The Morgan fingerprint density at radius 3 is 2.46 bits per heavy atom. The monoisotopic (exact) mass is 381 g/mol. The smallest absolute Gasteiger partial charge is 0.242 e. The van der Waals surface area contributed by atoms with E-state index in [2.05, 4.69) is 39.1 Å². The lowest BCUT2D eigenvalue weighted by Crippen LogP contribution is -2.27. The van der Waals surface area contributed by atoms with Gasteiger partial charge in [0.1, 0.15) is 18.7 Å². The number of fused-ring (bicyclic) bond motifs is 1. The molecule has 2 aromatic heterocycles. The average molecular weight is 381 g/mol. The summed E-state index contributed by atoms with van der Waals surface area (Å²) in [4.78, 5) is 25.3. The van der Waals surface area contributed by atoms with E-state index in [0.717, 1.165) is 35.5 Å². The molecular weight excluding hydrogens is 354 g/mol. The van der Waals surface area contributed by atoms with Gasteiger partial charge in [-0.05, 0) is 31.5 Å². The first kappa shape index (κ1) is 19.6. The molecule has 0 aliphatic heterocycles. The van der Waals surface area contributed by atoms with E-state index in [1.54, 1.807) is 10.9 Å². The van der Waals surface area contributed by atoms with Crippen molar-refractivity contribution in [2.24, 2.45) is 0 Å². The number of carbonyl (C=O) groups is 1. The van der Waals surface area contributed by atoms with Gasteiger partial charge in [-0.1, -0.05) is 12.1 Å². The predicted octanol–water partition coefficient (Wildman–Crippen LogP) is 2.05. The molecular formula is C20H27N7O. The van der Waals surface area contributed by atoms with E-state index in [1.807, 2.05) is 43.3 Å². The maximum atomic E-state index is 12.4. The number of nitrogens with zero attached hydrogens (tertiary/aromatic N) is 6. The van der Waals surface area contributed by atoms with Crippen LogP contribution in [0.25, 0.3) is 11.0 Å². The van der Waals surface area contributed by atoms with Crippen LogP contribution >= 0.6 is 0 Å². The van der Waals surface area contributed by atoms with E-state index in [0.29, 0.717) is 12.2 Å². The number of aromatic nitrogens is 4. The number of hydrogen-bond donors (Lipinski definition) is 1. The van der Waals surface area contributed by atoms with Crippen LogP contribution in [-0.4, -0.2) is 52.8 Å². The molecule has 28 heavy (non-hydrogen) atoms. The third kappa shape index (κ3) is 4.21. The molecule has 8 heteroatoms. The summed E-state index contributed by atoms with van der Waals surface area (Å²) in [6, 6.07) is 8.10. The summed E-state index contributed by atoms with van der Waals surface area (Å²) in [5.41, 5.74) is 2.85. The molecule has 0 unspecified atom stereocenters. The lowest BCUT2D eigenvalue weighted by molar-refractivity contribution is -0.121. The predicted molar refractivity (Wildman–Crippen MR) is 111 cm³/mol. The largest absolute Gasteiger partial charge is 0.378 e. The molecule has 0 bridgehead atoms. The molecule has 3 aromatic rings. The third-order valence-electron chi connectivity index (χ3n) is 4.71. The van der Waals surface area contributed by atoms with Gasteiger partial charge in [-0.2, -0.15) is 5.10 Å². The van der Waals surface area contributed by atoms with Crippen molar-refractivity contribution in [1.29, 1.82) is 0 Å². The van der Waals surface area contributed by atoms with Gasteiger partial charge in [-0.15, -0.1) is 0 Å². The molecule has 3 rings (SSSR count). The molecule has 0 saturated heterocycles. The number of nitrogens with one attached hydrogen (secondary N) is 1. The zero-order valence-electron chi connectivity index (χ0n) is 16.9. The van der Waals surface area contributed by atoms with Crippen molar-refractivity contribution in [2.45, 2.75) is 26.9 Å². The van der Waals surface area contributed by atoms with Crippen LogP contribution in [-0.2, 0) is 17.9 Å². The fourth-order valence-electron chi connectivity index (χ4n) is 3.08. The van der Waals surface area contributed by atoms with Gasteiger partial charge in [-0.25, -0.2) is 14.6 Å². The fraction of sp³-hybridized carbons (Fsp3) is 0.400. The quantitative estimate of drug-likeness (QED) is 0.643. The summed E-state index contributed by atoms with van der Waals surface area (Å²) in [7, 11) is 4.00. The molecule has 8 nitrogen and oxygen atoms in total. The van der Waals surface area contributed by atoms with E-state index in [9.17, 15) is 4.79 Å². The van der Waals surface area contributed by atoms with Crippen LogP contribution < -0.4 is 15.1 Å². The average Bonchev–Trinajstić information content (AvgIpc) is 3.11. The molecule has 0 spiro atoms. The molecule has 0 fully saturated rings. The van der Waals surface area contributed by atoms with Crippen LogP contribution in [0, 0.1) is 0 Å². The zero-order chi connectivity index (χ0) is 20.1. The standard InChI is InChI=1S/C20H27N7O/c1-5-26(6-2)19-17-12-24-27(20(17)23-14-22-19)13-18(28)21-11-15-7-9-16(10-8-15)25(3)4/h7-10,12,14H,5-6,11,13H2,1-4H3,(H,21,28). The molecule has 0 radical (unpaired) electrons. The second-order valence-corrected chi connectivity index (χ2v) is 6.75. The number of amides is 1. The van der Waals surface area contributed by atoms with Crippen molar-refractivity contribution in [3.05, 3.63) is 42.4 Å². The lowest BCUT2D eigenvalue weighted by Gasteiger charge is -2.19. The Balaban J connectivity index is 1.67. The van der Waals surface area contributed by atoms with E-state index in [1.165, 1.54) is 6.33 Å². The lowest BCUT2D eigenvalue weighted by atomic mass is 10.2. The van der Waals surface area contributed by atoms with E-state index in [-0.39, 0.29) is 12.5 Å². The van der Waals surface area contributed by atoms with Crippen molar-refractivity contribution in [1.82, 2.24) is 25.1 Å². The highest BCUT2D eigenvalue weighted by atomic mass is 16.2. The molecule has 0 aliphatic rings. The molecule has 148 valence electrons. The van der Waals surface area contributed by atoms with Crippen LogP contribution in [0.3, 0.4) is 0 Å². The van der Waals surface area contributed by atoms with Crippen molar-refractivity contribution in [3.8, 4) is 0 Å². The maximum absolute atomic E-state index is 12.4. The van der Waals surface area contributed by atoms with Gasteiger partial charge < -0.3 is 15.1 Å². The first-order chi connectivity index (χ1) is 13.5. The molecule has 2 heterocycles. The zero-order valence-corrected chi connectivity index (χ0v) is 16.9. The van der Waals surface area contributed by atoms with Crippen LogP contribution in [0.15, 0.2) is 36.8 Å². The van der Waals surface area contributed by atoms with Crippen molar-refractivity contribution in [2.75, 3.05) is 37.0 Å². The minimum atomic E-state index is -0.107. The number of anilines is 2. The summed E-state index contributed by atoms with van der Waals surface area (Å²) < 4.78 is 1.62. The molecule has 1 amide bonds. The van der Waals surface area contributed by atoms with Crippen LogP contribution in [0.2, 0.25) is 0 Å². The molecule has 0 saturated carbocycles. The molecule has 1 aromatic carbocycles. The van der Waals surface area contributed by atoms with Gasteiger partial charge in [0.05, 0.1) is 11.6 Å². The number of rotatable bonds is 8. The molecule has 0 aliphatic carbocycles. The van der Waals surface area contributed by atoms with Gasteiger partial charge in [0, 0.05) is 39.4 Å². The topological polar surface area (TPSA) is 79.2 Å². The highest BCUT2D eigenvalue weighted by molar-refractivity contribution is 5.87. The van der Waals surface area contributed by atoms with Crippen molar-refractivity contribution in [3.63, 3.8) is 0 Å². The molecule has 1 N–H and O–H groups in total. The van der Waals surface area contributed by atoms with Crippen LogP contribution in [0.5, 0.6) is 0 Å². The Labute approximate surface area is 165 Å². The second kappa shape index (κ2) is 8.69. The third-order valence-corrected chi connectivity index (χ3v) is 4.71. The Morgan fingerprint density at radius 1 is 1.11 bits per heavy atom. The number of carbonyl (C=O) groups excluding carboxylic acids is 1. The van der Waals surface area contributed by atoms with Crippen molar-refractivity contribution >= 4 is 28.4 Å². The highest BCUT2D eigenvalue weighted by Crippen LogP contribution is 2.22. The van der Waals surface area contributed by atoms with Crippen LogP contribution in [0.4, 0.5) is 11.5 Å². The molecule has 0 atom stereocenters. The summed E-state index contributed by atoms with van der Waals surface area (Å²) in [6.07, 6.45) is 3.26. The van der Waals surface area contributed by atoms with E-state index >= 15 is 0 Å². The SMILES string of the molecule is CCN(CC)c1ncnc2c1cnn2CC(=O)NCc1ccc(N(C)C)cc1. The summed E-state index contributed by atoms with van der Waals surface area (Å²) in [6.45, 7) is 6.46. The van der Waals surface area contributed by atoms with Gasteiger partial charge in [0.25, 0.3) is 0 Å². The van der Waals surface area contributed by atoms with E-state index < -0.39 is 0 Å². The first-order valence-corrected chi connectivity index (χ1v) is 9.47. The van der Waals surface area contributed by atoms with Crippen LogP contribution in [0.1, 0.15) is 19.4 Å².